The highest BCUT2D eigenvalue weighted by Gasteiger charge is 2.34. The number of hydrogen-bond donors (Lipinski definition) is 3. The van der Waals surface area contributed by atoms with Gasteiger partial charge >= 0.3 is 10.3 Å². The lowest BCUT2D eigenvalue weighted by Crippen LogP contribution is -2.24. The standard InChI is InChI=1S/C21H24N6O5S/c22-33(30,31)32-12-15-8-16(9-19(15)28)25-21-17(10-23-13-24-21)20(29)18-6-7-27(26-18)11-14-4-2-1-3-5-14/h1-7,10,13,15-16,19,28H,8-9,11-12H2,(H2,22,30,31)(H,23,24,25)/t15-,16-,19?/m1/s1. The number of aliphatic hydroxyl groups excluding tert-OH is 1. The highest BCUT2D eigenvalue weighted by atomic mass is 32.2. The van der Waals surface area contributed by atoms with Gasteiger partial charge in [0.05, 0.1) is 24.8 Å². The Morgan fingerprint density at radius 2 is 2.03 bits per heavy atom. The van der Waals surface area contributed by atoms with E-state index in [2.05, 4.69) is 24.6 Å². The Morgan fingerprint density at radius 3 is 2.79 bits per heavy atom. The molecule has 2 aromatic heterocycles. The van der Waals surface area contributed by atoms with Gasteiger partial charge in [-0.05, 0) is 24.5 Å². The Hall–Kier alpha value is -3.19. The summed E-state index contributed by atoms with van der Waals surface area (Å²) in [6, 6.07) is 11.2. The van der Waals surface area contributed by atoms with Gasteiger partial charge in [0, 0.05) is 24.4 Å². The van der Waals surface area contributed by atoms with Crippen LogP contribution in [0.25, 0.3) is 0 Å². The summed E-state index contributed by atoms with van der Waals surface area (Å²) in [5, 5.41) is 22.7. The van der Waals surface area contributed by atoms with E-state index >= 15 is 0 Å². The van der Waals surface area contributed by atoms with Crippen LogP contribution in [0.5, 0.6) is 0 Å². The molecule has 1 saturated carbocycles. The third-order valence-corrected chi connectivity index (χ3v) is 5.93. The van der Waals surface area contributed by atoms with Crippen molar-refractivity contribution in [1.82, 2.24) is 19.7 Å². The van der Waals surface area contributed by atoms with Crippen molar-refractivity contribution in [2.45, 2.75) is 31.5 Å². The van der Waals surface area contributed by atoms with Gasteiger partial charge in [0.2, 0.25) is 5.78 Å². The van der Waals surface area contributed by atoms with E-state index in [4.69, 9.17) is 5.14 Å². The fraction of sp³-hybridized carbons (Fsp3) is 0.333. The zero-order valence-electron chi connectivity index (χ0n) is 17.6. The number of hydrogen-bond acceptors (Lipinski definition) is 9. The van der Waals surface area contributed by atoms with Crippen molar-refractivity contribution >= 4 is 21.9 Å². The first-order chi connectivity index (χ1) is 15.8. The molecule has 4 N–H and O–H groups in total. The number of rotatable bonds is 9. The Morgan fingerprint density at radius 1 is 1.24 bits per heavy atom. The summed E-state index contributed by atoms with van der Waals surface area (Å²) in [5.41, 5.74) is 1.57. The summed E-state index contributed by atoms with van der Waals surface area (Å²) >= 11 is 0. The number of benzene rings is 1. The summed E-state index contributed by atoms with van der Waals surface area (Å²) in [7, 11) is -4.08. The first kappa shape index (κ1) is 23.0. The Bertz CT molecular complexity index is 1220. The SMILES string of the molecule is NS(=O)(=O)OC[C@H]1C[C@@H](Nc2ncncc2C(=O)c2ccn(Cc3ccccc3)n2)CC1O. The lowest BCUT2D eigenvalue weighted by molar-refractivity contribution is 0.101. The molecule has 1 aliphatic rings. The lowest BCUT2D eigenvalue weighted by atomic mass is 10.1. The van der Waals surface area contributed by atoms with Gasteiger partial charge in [-0.15, -0.1) is 0 Å². The third kappa shape index (κ3) is 5.99. The molecule has 0 bridgehead atoms. The normalized spacial score (nSPS) is 20.6. The molecule has 0 amide bonds. The summed E-state index contributed by atoms with van der Waals surface area (Å²) in [5.74, 6) is -0.439. The monoisotopic (exact) mass is 472 g/mol. The molecule has 1 aliphatic carbocycles. The highest BCUT2D eigenvalue weighted by molar-refractivity contribution is 7.84. The van der Waals surface area contributed by atoms with E-state index < -0.39 is 22.3 Å². The van der Waals surface area contributed by atoms with Crippen LogP contribution in [0, 0.1) is 5.92 Å². The number of ketones is 1. The molecule has 11 nitrogen and oxygen atoms in total. The number of carbonyl (C=O) groups excluding carboxylic acids is 1. The molecule has 12 heteroatoms. The molecule has 4 rings (SSSR count). The number of anilines is 1. The molecule has 0 radical (unpaired) electrons. The number of nitrogens with two attached hydrogens (primary N) is 1. The van der Waals surface area contributed by atoms with Crippen molar-refractivity contribution in [3.8, 4) is 0 Å². The minimum atomic E-state index is -4.08. The quantitative estimate of drug-likeness (QED) is 0.381. The maximum atomic E-state index is 13.1. The minimum Gasteiger partial charge on any atom is -0.393 e. The molecule has 1 aromatic carbocycles. The zero-order chi connectivity index (χ0) is 23.4. The first-order valence-corrected chi connectivity index (χ1v) is 11.8. The number of nitrogens with zero attached hydrogens (tertiary/aromatic N) is 4. The van der Waals surface area contributed by atoms with Crippen LogP contribution >= 0.6 is 0 Å². The van der Waals surface area contributed by atoms with Crippen LogP contribution in [-0.2, 0) is 21.0 Å². The molecule has 1 fully saturated rings. The van der Waals surface area contributed by atoms with Crippen molar-refractivity contribution in [1.29, 1.82) is 0 Å². The van der Waals surface area contributed by atoms with Gasteiger partial charge < -0.3 is 10.4 Å². The Balaban J connectivity index is 1.44. The van der Waals surface area contributed by atoms with Crippen LogP contribution in [-0.4, -0.2) is 57.8 Å². The summed E-state index contributed by atoms with van der Waals surface area (Å²) < 4.78 is 28.3. The molecule has 2 heterocycles. The van der Waals surface area contributed by atoms with Crippen molar-refractivity contribution in [3.63, 3.8) is 0 Å². The van der Waals surface area contributed by atoms with Gasteiger partial charge in [0.1, 0.15) is 17.8 Å². The van der Waals surface area contributed by atoms with E-state index in [1.165, 1.54) is 12.5 Å². The molecule has 3 atom stereocenters. The molecular weight excluding hydrogens is 448 g/mol. The topological polar surface area (TPSA) is 162 Å². The molecule has 0 aliphatic heterocycles. The average Bonchev–Trinajstić information content (AvgIpc) is 3.38. The van der Waals surface area contributed by atoms with Gasteiger partial charge in [0.15, 0.2) is 0 Å². The molecule has 33 heavy (non-hydrogen) atoms. The van der Waals surface area contributed by atoms with Crippen molar-refractivity contribution in [2.24, 2.45) is 11.1 Å². The van der Waals surface area contributed by atoms with E-state index in [0.717, 1.165) is 5.56 Å². The fourth-order valence-corrected chi connectivity index (χ4v) is 4.23. The number of carbonyl (C=O) groups is 1. The van der Waals surface area contributed by atoms with Gasteiger partial charge in [-0.25, -0.2) is 15.1 Å². The van der Waals surface area contributed by atoms with Crippen molar-refractivity contribution in [3.05, 3.63) is 71.9 Å². The maximum absolute atomic E-state index is 13.1. The number of aromatic nitrogens is 4. The molecule has 0 spiro atoms. The van der Waals surface area contributed by atoms with E-state index in [-0.39, 0.29) is 29.7 Å². The van der Waals surface area contributed by atoms with Crippen LogP contribution < -0.4 is 10.5 Å². The van der Waals surface area contributed by atoms with Gasteiger partial charge in [-0.1, -0.05) is 30.3 Å². The van der Waals surface area contributed by atoms with E-state index in [9.17, 15) is 18.3 Å². The molecular formula is C21H24N6O5S. The molecule has 0 saturated heterocycles. The molecule has 1 unspecified atom stereocenters. The van der Waals surface area contributed by atoms with Gasteiger partial charge in [-0.3, -0.25) is 13.7 Å². The minimum absolute atomic E-state index is 0.216. The van der Waals surface area contributed by atoms with Gasteiger partial charge in [0.25, 0.3) is 0 Å². The van der Waals surface area contributed by atoms with Crippen LogP contribution in [0.3, 0.4) is 0 Å². The number of aliphatic hydroxyl groups is 1. The Kier molecular flexibility index (Phi) is 6.79. The Labute approximate surface area is 190 Å². The predicted octanol–water partition coefficient (Wildman–Crippen LogP) is 0.724. The lowest BCUT2D eigenvalue weighted by Gasteiger charge is -2.15. The fourth-order valence-electron chi connectivity index (χ4n) is 3.87. The van der Waals surface area contributed by atoms with Crippen molar-refractivity contribution in [2.75, 3.05) is 11.9 Å². The highest BCUT2D eigenvalue weighted by Crippen LogP contribution is 2.30. The second-order valence-electron chi connectivity index (χ2n) is 7.92. The smallest absolute Gasteiger partial charge is 0.333 e. The first-order valence-electron chi connectivity index (χ1n) is 10.3. The molecule has 3 aromatic rings. The average molecular weight is 473 g/mol. The summed E-state index contributed by atoms with van der Waals surface area (Å²) in [6.45, 7) is 0.319. The number of nitrogens with one attached hydrogen (secondary N) is 1. The van der Waals surface area contributed by atoms with E-state index in [1.54, 1.807) is 16.9 Å². The zero-order valence-corrected chi connectivity index (χ0v) is 18.4. The van der Waals surface area contributed by atoms with E-state index in [0.29, 0.717) is 25.2 Å². The summed E-state index contributed by atoms with van der Waals surface area (Å²) in [6.07, 6.45) is 4.45. The predicted molar refractivity (Wildman–Crippen MR) is 118 cm³/mol. The van der Waals surface area contributed by atoms with Crippen LogP contribution in [0.2, 0.25) is 0 Å². The van der Waals surface area contributed by atoms with Crippen LogP contribution in [0.4, 0.5) is 5.82 Å². The second-order valence-corrected chi connectivity index (χ2v) is 9.14. The maximum Gasteiger partial charge on any atom is 0.333 e. The third-order valence-electron chi connectivity index (χ3n) is 5.46. The summed E-state index contributed by atoms with van der Waals surface area (Å²) in [4.78, 5) is 21.3. The largest absolute Gasteiger partial charge is 0.393 e. The van der Waals surface area contributed by atoms with Crippen molar-refractivity contribution < 1.29 is 22.5 Å². The molecule has 174 valence electrons. The van der Waals surface area contributed by atoms with Crippen LogP contribution in [0.1, 0.15) is 34.5 Å². The van der Waals surface area contributed by atoms with E-state index in [1.807, 2.05) is 30.3 Å². The van der Waals surface area contributed by atoms with Crippen LogP contribution in [0.15, 0.2) is 55.1 Å². The van der Waals surface area contributed by atoms with Gasteiger partial charge in [-0.2, -0.15) is 13.5 Å². The second kappa shape index (κ2) is 9.75.